The summed E-state index contributed by atoms with van der Waals surface area (Å²) < 4.78 is 26.5. The van der Waals surface area contributed by atoms with Crippen LogP contribution in [0.25, 0.3) is 0 Å². The predicted octanol–water partition coefficient (Wildman–Crippen LogP) is 1.59. The maximum Gasteiger partial charge on any atom is 0.260 e. The number of nitrogens with one attached hydrogen (secondary N) is 1. The highest BCUT2D eigenvalue weighted by Gasteiger charge is 2.28. The number of benzene rings is 1. The van der Waals surface area contributed by atoms with Crippen LogP contribution in [0, 0.1) is 0 Å². The van der Waals surface area contributed by atoms with Crippen molar-refractivity contribution in [2.45, 2.75) is 31.5 Å². The first kappa shape index (κ1) is 14.5. The standard InChI is InChI=1S/C13H18N4O2S/c1-10(2)17(9-11-5-3-4-6-12(11)14)20(18,19)13-7-8-15-16-13/h3-8,10H,9,14H2,1-2H3,(H,15,16). The van der Waals surface area contributed by atoms with E-state index in [2.05, 4.69) is 10.2 Å². The Hall–Kier alpha value is -1.86. The topological polar surface area (TPSA) is 92.1 Å². The van der Waals surface area contributed by atoms with Crippen LogP contribution in [0.1, 0.15) is 19.4 Å². The van der Waals surface area contributed by atoms with Gasteiger partial charge in [-0.15, -0.1) is 0 Å². The summed E-state index contributed by atoms with van der Waals surface area (Å²) in [7, 11) is -3.61. The molecule has 0 fully saturated rings. The Bertz CT molecular complexity index is 665. The lowest BCUT2D eigenvalue weighted by Crippen LogP contribution is -2.36. The molecule has 3 N–H and O–H groups in total. The van der Waals surface area contributed by atoms with E-state index in [4.69, 9.17) is 5.73 Å². The predicted molar refractivity (Wildman–Crippen MR) is 77.3 cm³/mol. The van der Waals surface area contributed by atoms with Crippen molar-refractivity contribution in [3.63, 3.8) is 0 Å². The minimum atomic E-state index is -3.61. The van der Waals surface area contributed by atoms with Gasteiger partial charge < -0.3 is 5.73 Å². The molecule has 6 nitrogen and oxygen atoms in total. The second-order valence-corrected chi connectivity index (χ2v) is 6.62. The van der Waals surface area contributed by atoms with E-state index in [0.29, 0.717) is 5.69 Å². The van der Waals surface area contributed by atoms with Crippen LogP contribution < -0.4 is 5.73 Å². The molecular weight excluding hydrogens is 276 g/mol. The first-order valence-corrected chi connectivity index (χ1v) is 7.71. The number of nitrogens with two attached hydrogens (primary N) is 1. The van der Waals surface area contributed by atoms with Crippen LogP contribution in [-0.2, 0) is 16.6 Å². The van der Waals surface area contributed by atoms with E-state index in [-0.39, 0.29) is 17.6 Å². The van der Waals surface area contributed by atoms with Crippen molar-refractivity contribution in [3.05, 3.63) is 42.1 Å². The number of aromatic amines is 1. The van der Waals surface area contributed by atoms with Crippen molar-refractivity contribution in [2.24, 2.45) is 0 Å². The average Bonchev–Trinajstić information content (AvgIpc) is 2.91. The van der Waals surface area contributed by atoms with Crippen LogP contribution in [0.3, 0.4) is 0 Å². The summed E-state index contributed by atoms with van der Waals surface area (Å²) in [6.07, 6.45) is 1.42. The second kappa shape index (κ2) is 5.64. The van der Waals surface area contributed by atoms with E-state index in [0.717, 1.165) is 5.56 Å². The van der Waals surface area contributed by atoms with Crippen LogP contribution >= 0.6 is 0 Å². The molecule has 2 aromatic rings. The lowest BCUT2D eigenvalue weighted by molar-refractivity contribution is 0.347. The third-order valence-corrected chi connectivity index (χ3v) is 4.97. The van der Waals surface area contributed by atoms with Gasteiger partial charge in [-0.1, -0.05) is 18.2 Å². The summed E-state index contributed by atoms with van der Waals surface area (Å²) in [4.78, 5) is 0. The summed E-state index contributed by atoms with van der Waals surface area (Å²) in [5.74, 6) is 0. The van der Waals surface area contributed by atoms with Crippen molar-refractivity contribution in [2.75, 3.05) is 5.73 Å². The highest BCUT2D eigenvalue weighted by Crippen LogP contribution is 2.21. The SMILES string of the molecule is CC(C)N(Cc1ccccc1N)S(=O)(=O)c1ccn[nH]1. The Morgan fingerprint density at radius 3 is 2.55 bits per heavy atom. The van der Waals surface area contributed by atoms with Crippen molar-refractivity contribution >= 4 is 15.7 Å². The van der Waals surface area contributed by atoms with Crippen LogP contribution in [0.5, 0.6) is 0 Å². The Labute approximate surface area is 118 Å². The van der Waals surface area contributed by atoms with Crippen LogP contribution in [0.2, 0.25) is 0 Å². The normalized spacial score (nSPS) is 12.2. The largest absolute Gasteiger partial charge is 0.398 e. The van der Waals surface area contributed by atoms with E-state index in [1.807, 2.05) is 32.0 Å². The average molecular weight is 294 g/mol. The monoisotopic (exact) mass is 294 g/mol. The van der Waals surface area contributed by atoms with Crippen LogP contribution in [-0.4, -0.2) is 29.0 Å². The number of rotatable bonds is 5. The van der Waals surface area contributed by atoms with Gasteiger partial charge in [-0.3, -0.25) is 5.10 Å². The number of para-hydroxylation sites is 1. The van der Waals surface area contributed by atoms with Gasteiger partial charge in [0.15, 0.2) is 5.03 Å². The molecule has 7 heteroatoms. The quantitative estimate of drug-likeness (QED) is 0.819. The number of hydrogen-bond donors (Lipinski definition) is 2. The minimum Gasteiger partial charge on any atom is -0.398 e. The summed E-state index contributed by atoms with van der Waals surface area (Å²) in [5, 5.41) is 6.29. The number of nitrogens with zero attached hydrogens (tertiary/aromatic N) is 2. The van der Waals surface area contributed by atoms with Gasteiger partial charge in [-0.2, -0.15) is 9.40 Å². The molecule has 0 radical (unpaired) electrons. The molecule has 0 aliphatic rings. The molecule has 0 aliphatic carbocycles. The van der Waals surface area contributed by atoms with E-state index in [1.165, 1.54) is 16.6 Å². The van der Waals surface area contributed by atoms with Gasteiger partial charge in [0, 0.05) is 18.3 Å². The molecule has 0 amide bonds. The number of H-pyrrole nitrogens is 1. The first-order valence-electron chi connectivity index (χ1n) is 6.27. The molecule has 1 heterocycles. The molecular formula is C13H18N4O2S. The van der Waals surface area contributed by atoms with Crippen molar-refractivity contribution in [1.82, 2.24) is 14.5 Å². The smallest absolute Gasteiger partial charge is 0.260 e. The van der Waals surface area contributed by atoms with Crippen molar-refractivity contribution in [3.8, 4) is 0 Å². The molecule has 1 aromatic heterocycles. The highest BCUT2D eigenvalue weighted by molar-refractivity contribution is 7.89. The molecule has 1 aromatic carbocycles. The summed E-state index contributed by atoms with van der Waals surface area (Å²) in [6.45, 7) is 3.88. The van der Waals surface area contributed by atoms with Crippen LogP contribution in [0.15, 0.2) is 41.6 Å². The Balaban J connectivity index is 2.36. The third kappa shape index (κ3) is 2.83. The number of hydrogen-bond acceptors (Lipinski definition) is 4. The second-order valence-electron chi connectivity index (χ2n) is 4.76. The maximum atomic E-state index is 12.6. The summed E-state index contributed by atoms with van der Waals surface area (Å²) >= 11 is 0. The number of sulfonamides is 1. The van der Waals surface area contributed by atoms with Crippen LogP contribution in [0.4, 0.5) is 5.69 Å². The molecule has 0 bridgehead atoms. The fourth-order valence-electron chi connectivity index (χ4n) is 1.90. The molecule has 0 saturated heterocycles. The Morgan fingerprint density at radius 2 is 2.00 bits per heavy atom. The molecule has 20 heavy (non-hydrogen) atoms. The first-order chi connectivity index (χ1) is 9.43. The van der Waals surface area contributed by atoms with Crippen molar-refractivity contribution in [1.29, 1.82) is 0 Å². The van der Waals surface area contributed by atoms with Gasteiger partial charge in [-0.25, -0.2) is 8.42 Å². The van der Waals surface area contributed by atoms with E-state index in [9.17, 15) is 8.42 Å². The Morgan fingerprint density at radius 1 is 1.30 bits per heavy atom. The maximum absolute atomic E-state index is 12.6. The zero-order chi connectivity index (χ0) is 14.8. The number of anilines is 1. The number of aromatic nitrogens is 2. The third-order valence-electron chi connectivity index (χ3n) is 3.02. The minimum absolute atomic E-state index is 0.0840. The van der Waals surface area contributed by atoms with Gasteiger partial charge in [-0.05, 0) is 31.5 Å². The zero-order valence-electron chi connectivity index (χ0n) is 11.4. The number of nitrogen functional groups attached to an aromatic ring is 1. The van der Waals surface area contributed by atoms with E-state index in [1.54, 1.807) is 6.07 Å². The summed E-state index contributed by atoms with van der Waals surface area (Å²) in [5.41, 5.74) is 7.25. The van der Waals surface area contributed by atoms with Gasteiger partial charge in [0.2, 0.25) is 0 Å². The lowest BCUT2D eigenvalue weighted by Gasteiger charge is -2.25. The van der Waals surface area contributed by atoms with E-state index < -0.39 is 10.0 Å². The summed E-state index contributed by atoms with van der Waals surface area (Å²) in [6, 6.07) is 8.50. The van der Waals surface area contributed by atoms with Gasteiger partial charge in [0.05, 0.1) is 6.20 Å². The van der Waals surface area contributed by atoms with Gasteiger partial charge in [0.1, 0.15) is 0 Å². The Kier molecular flexibility index (Phi) is 4.10. The fraction of sp³-hybridized carbons (Fsp3) is 0.308. The molecule has 0 saturated carbocycles. The highest BCUT2D eigenvalue weighted by atomic mass is 32.2. The molecule has 0 spiro atoms. The zero-order valence-corrected chi connectivity index (χ0v) is 12.3. The van der Waals surface area contributed by atoms with Gasteiger partial charge in [0.25, 0.3) is 10.0 Å². The molecule has 0 unspecified atom stereocenters. The molecule has 2 rings (SSSR count). The fourth-order valence-corrected chi connectivity index (χ4v) is 3.42. The molecule has 0 aliphatic heterocycles. The van der Waals surface area contributed by atoms with Crippen molar-refractivity contribution < 1.29 is 8.42 Å². The molecule has 0 atom stereocenters. The lowest BCUT2D eigenvalue weighted by atomic mass is 10.2. The van der Waals surface area contributed by atoms with E-state index >= 15 is 0 Å². The van der Waals surface area contributed by atoms with Gasteiger partial charge >= 0.3 is 0 Å². The molecule has 108 valence electrons.